The molecule has 0 spiro atoms. The van der Waals surface area contributed by atoms with Crippen LogP contribution in [-0.2, 0) is 4.84 Å². The molecular formula is C15H18N2O. The molecule has 3 heteroatoms. The summed E-state index contributed by atoms with van der Waals surface area (Å²) in [6.07, 6.45) is 1.63. The molecule has 0 N–H and O–H groups in total. The summed E-state index contributed by atoms with van der Waals surface area (Å²) < 4.78 is 0. The average Bonchev–Trinajstić information content (AvgIpc) is 3.10. The lowest BCUT2D eigenvalue weighted by Crippen LogP contribution is -2.46. The molecule has 4 atom stereocenters. The zero-order valence-corrected chi connectivity index (χ0v) is 10.6. The number of hydrogen-bond acceptors (Lipinski definition) is 3. The Hall–Kier alpha value is -1.35. The lowest BCUT2D eigenvalue weighted by molar-refractivity contribution is 0.00789. The summed E-state index contributed by atoms with van der Waals surface area (Å²) in [5, 5.41) is 4.39. The lowest BCUT2D eigenvalue weighted by atomic mass is 9.87. The minimum absolute atomic E-state index is 0.341. The molecule has 1 saturated carbocycles. The second kappa shape index (κ2) is 3.82. The molecule has 0 aromatic heterocycles. The molecule has 2 aliphatic heterocycles. The third-order valence-corrected chi connectivity index (χ3v) is 4.78. The van der Waals surface area contributed by atoms with Crippen LogP contribution < -0.4 is 0 Å². The van der Waals surface area contributed by atoms with E-state index in [0.29, 0.717) is 24.0 Å². The maximum Gasteiger partial charge on any atom is 0.141 e. The Morgan fingerprint density at radius 2 is 2.17 bits per heavy atom. The number of benzene rings is 1. The second-order valence-electron chi connectivity index (χ2n) is 5.59. The molecule has 2 fully saturated rings. The fourth-order valence-corrected chi connectivity index (χ4v) is 3.98. The molecule has 0 amide bonds. The summed E-state index contributed by atoms with van der Waals surface area (Å²) in [4.78, 5) is 8.33. The monoisotopic (exact) mass is 242 g/mol. The van der Waals surface area contributed by atoms with Crippen LogP contribution in [0.25, 0.3) is 0 Å². The smallest absolute Gasteiger partial charge is 0.141 e. The second-order valence-corrected chi connectivity index (χ2v) is 5.59. The van der Waals surface area contributed by atoms with E-state index >= 15 is 0 Å². The van der Waals surface area contributed by atoms with Gasteiger partial charge in [-0.1, -0.05) is 42.4 Å². The van der Waals surface area contributed by atoms with Gasteiger partial charge in [-0.2, -0.15) is 0 Å². The average molecular weight is 242 g/mol. The maximum atomic E-state index is 5.73. The SMILES string of the molecule is CCN1C[C@@H]2C[C@H]1[C@H]1C(c3ccccc3)=NO[C@@H]21. The van der Waals surface area contributed by atoms with Gasteiger partial charge in [-0.25, -0.2) is 0 Å². The van der Waals surface area contributed by atoms with E-state index in [4.69, 9.17) is 4.84 Å². The van der Waals surface area contributed by atoms with Gasteiger partial charge in [0.1, 0.15) is 6.10 Å². The Morgan fingerprint density at radius 3 is 2.94 bits per heavy atom. The van der Waals surface area contributed by atoms with Crippen molar-refractivity contribution >= 4 is 5.71 Å². The molecule has 0 unspecified atom stereocenters. The summed E-state index contributed by atoms with van der Waals surface area (Å²) in [5.74, 6) is 1.18. The van der Waals surface area contributed by atoms with Gasteiger partial charge in [0.05, 0.1) is 11.6 Å². The van der Waals surface area contributed by atoms with Gasteiger partial charge in [0.15, 0.2) is 0 Å². The van der Waals surface area contributed by atoms with Crippen LogP contribution in [0.15, 0.2) is 35.5 Å². The van der Waals surface area contributed by atoms with Crippen LogP contribution >= 0.6 is 0 Å². The van der Waals surface area contributed by atoms with Crippen LogP contribution in [0.3, 0.4) is 0 Å². The van der Waals surface area contributed by atoms with Crippen molar-refractivity contribution in [1.82, 2.24) is 4.90 Å². The van der Waals surface area contributed by atoms with Crippen LogP contribution in [0.1, 0.15) is 18.9 Å². The van der Waals surface area contributed by atoms with Crippen LogP contribution in [0.5, 0.6) is 0 Å². The normalized spacial score (nSPS) is 37.5. The van der Waals surface area contributed by atoms with Crippen LogP contribution in [-0.4, -0.2) is 35.8 Å². The van der Waals surface area contributed by atoms with Crippen LogP contribution in [0.4, 0.5) is 0 Å². The molecule has 18 heavy (non-hydrogen) atoms. The quantitative estimate of drug-likeness (QED) is 0.793. The molecule has 1 aliphatic carbocycles. The van der Waals surface area contributed by atoms with E-state index in [2.05, 4.69) is 47.3 Å². The number of rotatable bonds is 2. The third kappa shape index (κ3) is 1.31. The van der Waals surface area contributed by atoms with Gasteiger partial charge < -0.3 is 4.84 Å². The highest BCUT2D eigenvalue weighted by atomic mass is 16.6. The molecular weight excluding hydrogens is 224 g/mol. The number of nitrogens with zero attached hydrogens (tertiary/aromatic N) is 2. The van der Waals surface area contributed by atoms with Crippen LogP contribution in [0, 0.1) is 11.8 Å². The molecule has 3 nitrogen and oxygen atoms in total. The van der Waals surface area contributed by atoms with Gasteiger partial charge in [-0.15, -0.1) is 0 Å². The maximum absolute atomic E-state index is 5.73. The third-order valence-electron chi connectivity index (χ3n) is 4.78. The molecule has 1 aromatic carbocycles. The van der Waals surface area contributed by atoms with E-state index in [1.807, 2.05) is 0 Å². The summed E-state index contributed by atoms with van der Waals surface area (Å²) >= 11 is 0. The van der Waals surface area contributed by atoms with Crippen molar-refractivity contribution in [3.8, 4) is 0 Å². The first-order valence-electron chi connectivity index (χ1n) is 6.91. The molecule has 1 aromatic rings. The summed E-state index contributed by atoms with van der Waals surface area (Å²) in [6, 6.07) is 11.1. The molecule has 1 saturated heterocycles. The first kappa shape index (κ1) is 10.6. The Morgan fingerprint density at radius 1 is 1.33 bits per heavy atom. The highest BCUT2D eigenvalue weighted by molar-refractivity contribution is 6.03. The predicted molar refractivity (Wildman–Crippen MR) is 70.5 cm³/mol. The summed E-state index contributed by atoms with van der Waals surface area (Å²) in [6.45, 7) is 4.59. The molecule has 0 radical (unpaired) electrons. The summed E-state index contributed by atoms with van der Waals surface area (Å²) in [5.41, 5.74) is 2.40. The van der Waals surface area contributed by atoms with Gasteiger partial charge >= 0.3 is 0 Å². The molecule has 2 bridgehead atoms. The Balaban J connectivity index is 1.68. The van der Waals surface area contributed by atoms with Gasteiger partial charge in [0, 0.05) is 18.5 Å². The fraction of sp³-hybridized carbons (Fsp3) is 0.533. The zero-order chi connectivity index (χ0) is 12.1. The van der Waals surface area contributed by atoms with E-state index in [1.165, 1.54) is 24.2 Å². The molecule has 4 rings (SSSR count). The van der Waals surface area contributed by atoms with Gasteiger partial charge in [0.2, 0.25) is 0 Å². The van der Waals surface area contributed by atoms with Crippen LogP contribution in [0.2, 0.25) is 0 Å². The van der Waals surface area contributed by atoms with Crippen molar-refractivity contribution in [3.63, 3.8) is 0 Å². The Kier molecular flexibility index (Phi) is 2.24. The highest BCUT2D eigenvalue weighted by Gasteiger charge is 2.57. The van der Waals surface area contributed by atoms with E-state index in [-0.39, 0.29) is 0 Å². The number of piperidine rings is 1. The lowest BCUT2D eigenvalue weighted by Gasteiger charge is -2.32. The largest absolute Gasteiger partial charge is 0.391 e. The minimum Gasteiger partial charge on any atom is -0.391 e. The topological polar surface area (TPSA) is 24.8 Å². The standard InChI is InChI=1S/C15H18N2O/c1-2-17-9-11-8-12(17)13-14(16-18-15(11)13)10-6-4-3-5-7-10/h3-7,11-13,15H,2,8-9H2,1H3/t11-,12-,13-,15-/m0/s1. The molecule has 3 aliphatic rings. The fourth-order valence-electron chi connectivity index (χ4n) is 3.98. The van der Waals surface area contributed by atoms with E-state index in [1.54, 1.807) is 0 Å². The zero-order valence-electron chi connectivity index (χ0n) is 10.6. The summed E-state index contributed by atoms with van der Waals surface area (Å²) in [7, 11) is 0. The van der Waals surface area contributed by atoms with Gasteiger partial charge in [-0.3, -0.25) is 4.90 Å². The van der Waals surface area contributed by atoms with Gasteiger partial charge in [0.25, 0.3) is 0 Å². The van der Waals surface area contributed by atoms with E-state index in [9.17, 15) is 0 Å². The van der Waals surface area contributed by atoms with Crippen molar-refractivity contribution in [2.24, 2.45) is 17.0 Å². The molecule has 94 valence electrons. The predicted octanol–water partition coefficient (Wildman–Crippen LogP) is 2.13. The van der Waals surface area contributed by atoms with Crippen molar-refractivity contribution in [3.05, 3.63) is 35.9 Å². The molecule has 2 heterocycles. The van der Waals surface area contributed by atoms with Crippen molar-refractivity contribution in [2.75, 3.05) is 13.1 Å². The highest BCUT2D eigenvalue weighted by Crippen LogP contribution is 2.47. The van der Waals surface area contributed by atoms with Crippen molar-refractivity contribution < 1.29 is 4.84 Å². The first-order chi connectivity index (χ1) is 8.88. The van der Waals surface area contributed by atoms with Crippen molar-refractivity contribution in [2.45, 2.75) is 25.5 Å². The number of likely N-dealkylation sites (tertiary alicyclic amines) is 1. The minimum atomic E-state index is 0.341. The first-order valence-corrected chi connectivity index (χ1v) is 6.91. The number of hydrogen-bond donors (Lipinski definition) is 0. The Labute approximate surface area is 107 Å². The van der Waals surface area contributed by atoms with E-state index in [0.717, 1.165) is 6.54 Å². The van der Waals surface area contributed by atoms with E-state index < -0.39 is 0 Å². The van der Waals surface area contributed by atoms with Gasteiger partial charge in [-0.05, 0) is 18.5 Å². The number of fused-ring (bicyclic) bond motifs is 5. The van der Waals surface area contributed by atoms with Crippen molar-refractivity contribution in [1.29, 1.82) is 0 Å². The Bertz CT molecular complexity index is 485. The number of oxime groups is 1.